The monoisotopic (exact) mass is 549 g/mol. The fraction of sp³-hybridized carbons (Fsp3) is 0.333. The van der Waals surface area contributed by atoms with Gasteiger partial charge in [-0.3, -0.25) is 19.1 Å². The van der Waals surface area contributed by atoms with Gasteiger partial charge in [0.05, 0.1) is 22.8 Å². The molecule has 0 spiro atoms. The Morgan fingerprint density at radius 2 is 1.97 bits per heavy atom. The molecular formula is C24H25ClFN5O5S. The summed E-state index contributed by atoms with van der Waals surface area (Å²) in [6.45, 7) is -0.576. The molecule has 37 heavy (non-hydrogen) atoms. The van der Waals surface area contributed by atoms with Crippen LogP contribution in [-0.2, 0) is 38.3 Å². The Bertz CT molecular complexity index is 1500. The van der Waals surface area contributed by atoms with Crippen molar-refractivity contribution < 1.29 is 27.2 Å². The van der Waals surface area contributed by atoms with Gasteiger partial charge in [-0.25, -0.2) is 12.8 Å². The molecule has 4 rings (SSSR count). The first-order valence-electron chi connectivity index (χ1n) is 11.4. The van der Waals surface area contributed by atoms with Crippen LogP contribution in [0.1, 0.15) is 34.5 Å². The van der Waals surface area contributed by atoms with E-state index in [-0.39, 0.29) is 47.7 Å². The van der Waals surface area contributed by atoms with Crippen LogP contribution in [0.4, 0.5) is 4.39 Å². The molecule has 0 atom stereocenters. The molecule has 0 unspecified atom stereocenters. The largest absolute Gasteiger partial charge is 0.364 e. The van der Waals surface area contributed by atoms with Gasteiger partial charge in [-0.1, -0.05) is 29.8 Å². The maximum absolute atomic E-state index is 14.1. The van der Waals surface area contributed by atoms with E-state index in [4.69, 9.17) is 17.3 Å². The van der Waals surface area contributed by atoms with Gasteiger partial charge in [-0.05, 0) is 36.6 Å². The number of fused-ring (bicyclic) bond motifs is 1. The molecule has 0 aliphatic heterocycles. The van der Waals surface area contributed by atoms with E-state index in [0.717, 1.165) is 19.1 Å². The highest BCUT2D eigenvalue weighted by molar-refractivity contribution is 7.89. The maximum atomic E-state index is 14.1. The lowest BCUT2D eigenvalue weighted by Crippen LogP contribution is -2.43. The Morgan fingerprint density at radius 3 is 2.62 bits per heavy atom. The average molecular weight is 550 g/mol. The Hall–Kier alpha value is -3.51. The lowest BCUT2D eigenvalue weighted by atomic mass is 10.1. The van der Waals surface area contributed by atoms with Crippen molar-refractivity contribution in [2.75, 3.05) is 12.8 Å². The van der Waals surface area contributed by atoms with Gasteiger partial charge in [0, 0.05) is 29.8 Å². The van der Waals surface area contributed by atoms with Crippen LogP contribution in [0.15, 0.2) is 36.4 Å². The Labute approximate surface area is 217 Å². The third kappa shape index (κ3) is 6.44. The number of amides is 3. The molecule has 0 bridgehead atoms. The molecule has 1 saturated carbocycles. The number of nitrogens with zero attached hydrogens (tertiary/aromatic N) is 3. The molecule has 3 N–H and O–H groups in total. The minimum atomic E-state index is -3.31. The van der Waals surface area contributed by atoms with Crippen LogP contribution in [0.3, 0.4) is 0 Å². The quantitative estimate of drug-likeness (QED) is 0.394. The van der Waals surface area contributed by atoms with Crippen LogP contribution in [0.25, 0.3) is 10.9 Å². The van der Waals surface area contributed by atoms with Crippen LogP contribution < -0.4 is 11.1 Å². The van der Waals surface area contributed by atoms with Crippen LogP contribution >= 0.6 is 11.6 Å². The summed E-state index contributed by atoms with van der Waals surface area (Å²) in [5, 5.41) is 7.08. The van der Waals surface area contributed by atoms with Crippen molar-refractivity contribution >= 4 is 50.1 Å². The van der Waals surface area contributed by atoms with Crippen molar-refractivity contribution in [3.8, 4) is 0 Å². The van der Waals surface area contributed by atoms with Crippen molar-refractivity contribution in [1.29, 1.82) is 0 Å². The zero-order valence-electron chi connectivity index (χ0n) is 19.9. The Balaban J connectivity index is 1.50. The predicted molar refractivity (Wildman–Crippen MR) is 135 cm³/mol. The van der Waals surface area contributed by atoms with Gasteiger partial charge in [0.2, 0.25) is 11.8 Å². The van der Waals surface area contributed by atoms with E-state index in [2.05, 4.69) is 10.4 Å². The number of aromatic nitrogens is 2. The highest BCUT2D eigenvalue weighted by atomic mass is 35.5. The first kappa shape index (κ1) is 26.6. The molecule has 0 radical (unpaired) electrons. The van der Waals surface area contributed by atoms with Crippen LogP contribution in [0, 0.1) is 5.82 Å². The van der Waals surface area contributed by atoms with Crippen LogP contribution in [-0.4, -0.2) is 59.7 Å². The highest BCUT2D eigenvalue weighted by Gasteiger charge is 2.34. The van der Waals surface area contributed by atoms with Gasteiger partial charge in [0.15, 0.2) is 15.5 Å². The number of nitrogens with one attached hydrogen (secondary N) is 1. The first-order valence-corrected chi connectivity index (χ1v) is 13.8. The van der Waals surface area contributed by atoms with Crippen molar-refractivity contribution in [1.82, 2.24) is 20.0 Å². The molecule has 1 aliphatic rings. The number of primary amides is 1. The molecule has 1 fully saturated rings. The highest BCUT2D eigenvalue weighted by Crippen LogP contribution is 2.28. The maximum Gasteiger partial charge on any atom is 0.269 e. The molecule has 1 aliphatic carbocycles. The number of carbonyl (C=O) groups excluding carboxylic acids is 3. The van der Waals surface area contributed by atoms with E-state index in [0.29, 0.717) is 16.5 Å². The second-order valence-corrected chi connectivity index (χ2v) is 11.6. The van der Waals surface area contributed by atoms with Gasteiger partial charge in [-0.2, -0.15) is 5.10 Å². The van der Waals surface area contributed by atoms with E-state index < -0.39 is 33.4 Å². The summed E-state index contributed by atoms with van der Waals surface area (Å²) in [4.78, 5) is 39.2. The van der Waals surface area contributed by atoms with Crippen molar-refractivity contribution in [3.63, 3.8) is 0 Å². The number of sulfone groups is 1. The molecule has 3 amide bonds. The lowest BCUT2D eigenvalue weighted by molar-refractivity contribution is -0.137. The summed E-state index contributed by atoms with van der Waals surface area (Å²) in [5.41, 5.74) is 6.49. The van der Waals surface area contributed by atoms with Gasteiger partial charge < -0.3 is 16.0 Å². The number of benzene rings is 2. The van der Waals surface area contributed by atoms with Gasteiger partial charge in [0.1, 0.15) is 12.4 Å². The molecule has 13 heteroatoms. The van der Waals surface area contributed by atoms with Crippen LogP contribution in [0.2, 0.25) is 5.02 Å². The van der Waals surface area contributed by atoms with Gasteiger partial charge in [0.25, 0.3) is 5.91 Å². The molecular weight excluding hydrogens is 525 g/mol. The molecule has 3 aromatic rings. The average Bonchev–Trinajstić information content (AvgIpc) is 3.59. The number of carbonyl (C=O) groups is 3. The number of halogens is 2. The van der Waals surface area contributed by atoms with Gasteiger partial charge >= 0.3 is 0 Å². The fourth-order valence-electron chi connectivity index (χ4n) is 4.04. The van der Waals surface area contributed by atoms with Crippen molar-refractivity contribution in [2.24, 2.45) is 5.73 Å². The zero-order valence-corrected chi connectivity index (χ0v) is 21.5. The normalized spacial score (nSPS) is 13.5. The summed E-state index contributed by atoms with van der Waals surface area (Å²) >= 11 is 5.78. The fourth-order valence-corrected chi connectivity index (χ4v) is 5.02. The van der Waals surface area contributed by atoms with E-state index in [1.807, 2.05) is 0 Å². The molecule has 2 aromatic carbocycles. The molecule has 1 heterocycles. The summed E-state index contributed by atoms with van der Waals surface area (Å²) in [6.07, 6.45) is 2.58. The summed E-state index contributed by atoms with van der Waals surface area (Å²) in [7, 11) is -3.31. The Morgan fingerprint density at radius 1 is 1.24 bits per heavy atom. The number of rotatable bonds is 10. The minimum absolute atomic E-state index is 0.0493. The van der Waals surface area contributed by atoms with Gasteiger partial charge in [-0.15, -0.1) is 0 Å². The molecule has 10 nitrogen and oxygen atoms in total. The van der Waals surface area contributed by atoms with Crippen molar-refractivity contribution in [3.05, 3.63) is 64.1 Å². The topological polar surface area (TPSA) is 144 Å². The second kappa shape index (κ2) is 10.5. The van der Waals surface area contributed by atoms with E-state index in [1.54, 1.807) is 18.2 Å². The third-order valence-electron chi connectivity index (χ3n) is 5.89. The first-order chi connectivity index (χ1) is 17.4. The standard InChI is InChI=1S/C24H25ClFN5O5S/c1-37(35,36)13-14-5-8-19-17(9-14)23(24(27)34)29-31(19)12-21(33)30(16-6-7-16)11-20(32)28-10-15-3-2-4-18(25)22(15)26/h2-5,8-9,16H,6-7,10-13H2,1H3,(H2,27,34)(H,28,32). The summed E-state index contributed by atoms with van der Waals surface area (Å²) in [6, 6.07) is 9.06. The predicted octanol–water partition coefficient (Wildman–Crippen LogP) is 1.78. The minimum Gasteiger partial charge on any atom is -0.364 e. The summed E-state index contributed by atoms with van der Waals surface area (Å²) in [5.74, 6) is -2.52. The number of hydrogen-bond acceptors (Lipinski definition) is 6. The third-order valence-corrected chi connectivity index (χ3v) is 7.04. The van der Waals surface area contributed by atoms with Crippen LogP contribution in [0.5, 0.6) is 0 Å². The van der Waals surface area contributed by atoms with E-state index in [9.17, 15) is 27.2 Å². The van der Waals surface area contributed by atoms with Crippen molar-refractivity contribution in [2.45, 2.75) is 37.7 Å². The SMILES string of the molecule is CS(=O)(=O)Cc1ccc2c(c1)c(C(N)=O)nn2CC(=O)N(CC(=O)NCc1cccc(Cl)c1F)C1CC1. The Kier molecular flexibility index (Phi) is 7.51. The lowest BCUT2D eigenvalue weighted by Gasteiger charge is -2.22. The number of hydrogen-bond donors (Lipinski definition) is 2. The van der Waals surface area contributed by atoms with E-state index in [1.165, 1.54) is 27.8 Å². The smallest absolute Gasteiger partial charge is 0.269 e. The van der Waals surface area contributed by atoms with E-state index >= 15 is 0 Å². The molecule has 196 valence electrons. The molecule has 1 aromatic heterocycles. The second-order valence-electron chi connectivity index (χ2n) is 9.03. The molecule has 0 saturated heterocycles. The number of nitrogens with two attached hydrogens (primary N) is 1. The zero-order chi connectivity index (χ0) is 26.9. The summed E-state index contributed by atoms with van der Waals surface area (Å²) < 4.78 is 38.8.